The summed E-state index contributed by atoms with van der Waals surface area (Å²) in [5.74, 6) is 0.152. The summed E-state index contributed by atoms with van der Waals surface area (Å²) in [6, 6.07) is 3.55. The lowest BCUT2D eigenvalue weighted by Gasteiger charge is -2.15. The van der Waals surface area contributed by atoms with E-state index in [4.69, 9.17) is 9.84 Å². The summed E-state index contributed by atoms with van der Waals surface area (Å²) >= 11 is 0. The third-order valence-electron chi connectivity index (χ3n) is 1.93. The van der Waals surface area contributed by atoms with E-state index in [1.807, 2.05) is 0 Å². The number of benzene rings is 1. The predicted octanol–water partition coefficient (Wildman–Crippen LogP) is 3.62. The molecule has 0 aliphatic heterocycles. The number of hydrogen-bond donors (Lipinski definition) is 1. The molecular formula is C12H17F3O2. The van der Waals surface area contributed by atoms with Gasteiger partial charge in [-0.05, 0) is 31.5 Å². The molecule has 0 aliphatic carbocycles. The number of aliphatic hydroxyl groups excluding tert-OH is 1. The lowest BCUT2D eigenvalue weighted by atomic mass is 10.1. The van der Waals surface area contributed by atoms with Gasteiger partial charge in [-0.2, -0.15) is 13.2 Å². The molecule has 0 radical (unpaired) electrons. The first-order valence-corrected chi connectivity index (χ1v) is 4.82. The number of rotatable bonds is 3. The maximum absolute atomic E-state index is 12.6. The average molecular weight is 250 g/mol. The fourth-order valence-corrected chi connectivity index (χ4v) is 1.30. The van der Waals surface area contributed by atoms with Crippen LogP contribution in [-0.2, 0) is 12.8 Å². The Kier molecular flexibility index (Phi) is 5.48. The summed E-state index contributed by atoms with van der Waals surface area (Å²) in [6.45, 7) is 2.82. The van der Waals surface area contributed by atoms with Gasteiger partial charge in [0.05, 0.1) is 18.3 Å². The molecule has 0 bridgehead atoms. The maximum Gasteiger partial charge on any atom is 0.416 e. The van der Waals surface area contributed by atoms with E-state index >= 15 is 0 Å². The van der Waals surface area contributed by atoms with Crippen molar-refractivity contribution in [3.63, 3.8) is 0 Å². The summed E-state index contributed by atoms with van der Waals surface area (Å²) in [4.78, 5) is 0. The topological polar surface area (TPSA) is 29.5 Å². The number of halogens is 3. The second-order valence-corrected chi connectivity index (χ2v) is 3.64. The molecule has 0 unspecified atom stereocenters. The van der Waals surface area contributed by atoms with Crippen LogP contribution >= 0.6 is 0 Å². The molecular weight excluding hydrogens is 233 g/mol. The van der Waals surface area contributed by atoms with Crippen LogP contribution in [0.15, 0.2) is 18.2 Å². The molecule has 0 aromatic heterocycles. The molecule has 5 heteroatoms. The first-order chi connectivity index (χ1) is 7.34. The molecule has 1 N–H and O–H groups in total. The van der Waals surface area contributed by atoms with Gasteiger partial charge in [0.2, 0.25) is 0 Å². The Bertz CT molecular complexity index is 359. The molecule has 1 aromatic carbocycles. The van der Waals surface area contributed by atoms with Gasteiger partial charge in [0.1, 0.15) is 5.75 Å². The zero-order chi connectivity index (χ0) is 12.3. The van der Waals surface area contributed by atoms with E-state index in [2.05, 4.69) is 0 Å². The van der Waals surface area contributed by atoms with Gasteiger partial charge >= 0.3 is 6.18 Å². The van der Waals surface area contributed by atoms with Gasteiger partial charge in [0.15, 0.2) is 0 Å². The summed E-state index contributed by atoms with van der Waals surface area (Å²) in [7, 11) is 0. The first-order valence-electron chi connectivity index (χ1n) is 4.82. The minimum atomic E-state index is -4.48. The summed E-state index contributed by atoms with van der Waals surface area (Å²) in [6.07, 6.45) is -4.67. The molecule has 0 fully saturated rings. The Morgan fingerprint density at radius 3 is 2.29 bits per heavy atom. The second kappa shape index (κ2) is 5.91. The zero-order valence-electron chi connectivity index (χ0n) is 9.01. The quantitative estimate of drug-likeness (QED) is 0.887. The zero-order valence-corrected chi connectivity index (χ0v) is 9.01. The highest BCUT2D eigenvalue weighted by atomic mass is 19.4. The van der Waals surface area contributed by atoms with E-state index in [1.54, 1.807) is 13.8 Å². The van der Waals surface area contributed by atoms with Crippen molar-refractivity contribution >= 4 is 0 Å². The van der Waals surface area contributed by atoms with Crippen LogP contribution in [0.4, 0.5) is 13.2 Å². The number of hydrogen-bond acceptors (Lipinski definition) is 2. The predicted molar refractivity (Wildman–Crippen MR) is 59.9 cm³/mol. The van der Waals surface area contributed by atoms with Gasteiger partial charge < -0.3 is 9.84 Å². The molecule has 98 valence electrons. The molecule has 1 rings (SSSR count). The van der Waals surface area contributed by atoms with Gasteiger partial charge in [-0.25, -0.2) is 0 Å². The van der Waals surface area contributed by atoms with Crippen LogP contribution in [0.5, 0.6) is 5.75 Å². The molecule has 0 aliphatic rings. The monoisotopic (exact) mass is 250 g/mol. The molecule has 0 heterocycles. The first kappa shape index (κ1) is 15.8. The minimum Gasteiger partial charge on any atom is -0.491 e. The summed E-state index contributed by atoms with van der Waals surface area (Å²) < 4.78 is 42.9. The van der Waals surface area contributed by atoms with Crippen LogP contribution in [0.1, 0.15) is 32.4 Å². The van der Waals surface area contributed by atoms with Crippen LogP contribution in [0.25, 0.3) is 0 Å². The van der Waals surface area contributed by atoms with E-state index in [-0.39, 0.29) is 24.8 Å². The van der Waals surface area contributed by atoms with Gasteiger partial charge in [-0.3, -0.25) is 0 Å². The smallest absolute Gasteiger partial charge is 0.416 e. The van der Waals surface area contributed by atoms with Crippen LogP contribution in [0, 0.1) is 0 Å². The molecule has 0 spiro atoms. The fourth-order valence-electron chi connectivity index (χ4n) is 1.30. The van der Waals surface area contributed by atoms with Crippen LogP contribution in [0.3, 0.4) is 0 Å². The van der Waals surface area contributed by atoms with Crippen LogP contribution in [0.2, 0.25) is 0 Å². The Balaban J connectivity index is 0.00000256. The molecule has 0 saturated carbocycles. The van der Waals surface area contributed by atoms with Crippen molar-refractivity contribution < 1.29 is 23.0 Å². The van der Waals surface area contributed by atoms with E-state index in [9.17, 15) is 13.2 Å². The van der Waals surface area contributed by atoms with Crippen molar-refractivity contribution in [1.29, 1.82) is 0 Å². The standard InChI is InChI=1S/C11H13F3O2.CH4/c1-7(2)16-9-4-3-8(6-15)10(5-9)11(12,13)14;/h3-5,7,15H,6H2,1-2H3;1H4. The van der Waals surface area contributed by atoms with Crippen molar-refractivity contribution in [2.75, 3.05) is 0 Å². The molecule has 17 heavy (non-hydrogen) atoms. The molecule has 0 amide bonds. The Hall–Kier alpha value is -1.23. The van der Waals surface area contributed by atoms with Crippen molar-refractivity contribution in [2.45, 2.75) is 40.2 Å². The highest BCUT2D eigenvalue weighted by Gasteiger charge is 2.33. The number of ether oxygens (including phenoxy) is 1. The Labute approximate surface area is 99.0 Å². The lowest BCUT2D eigenvalue weighted by molar-refractivity contribution is -0.138. The van der Waals surface area contributed by atoms with Crippen molar-refractivity contribution in [3.8, 4) is 5.75 Å². The van der Waals surface area contributed by atoms with E-state index < -0.39 is 18.3 Å². The Morgan fingerprint density at radius 2 is 1.88 bits per heavy atom. The van der Waals surface area contributed by atoms with Gasteiger partial charge in [-0.1, -0.05) is 13.5 Å². The maximum atomic E-state index is 12.6. The summed E-state index contributed by atoms with van der Waals surface area (Å²) in [5, 5.41) is 8.81. The third-order valence-corrected chi connectivity index (χ3v) is 1.93. The normalized spacial score (nSPS) is 11.2. The highest BCUT2D eigenvalue weighted by Crippen LogP contribution is 2.34. The van der Waals surface area contributed by atoms with Gasteiger partial charge in [0, 0.05) is 0 Å². The molecule has 1 aromatic rings. The van der Waals surface area contributed by atoms with Gasteiger partial charge in [-0.15, -0.1) is 0 Å². The third kappa shape index (κ3) is 4.26. The number of alkyl halides is 3. The number of aliphatic hydroxyl groups is 1. The fraction of sp³-hybridized carbons (Fsp3) is 0.500. The minimum absolute atomic E-state index is 0. The van der Waals surface area contributed by atoms with E-state index in [0.29, 0.717) is 0 Å². The summed E-state index contributed by atoms with van der Waals surface area (Å²) in [5.41, 5.74) is -1.00. The highest BCUT2D eigenvalue weighted by molar-refractivity contribution is 5.37. The van der Waals surface area contributed by atoms with Crippen LogP contribution in [-0.4, -0.2) is 11.2 Å². The van der Waals surface area contributed by atoms with E-state index in [0.717, 1.165) is 6.07 Å². The van der Waals surface area contributed by atoms with Crippen molar-refractivity contribution in [1.82, 2.24) is 0 Å². The van der Waals surface area contributed by atoms with Crippen molar-refractivity contribution in [3.05, 3.63) is 29.3 Å². The van der Waals surface area contributed by atoms with E-state index in [1.165, 1.54) is 12.1 Å². The molecule has 2 nitrogen and oxygen atoms in total. The van der Waals surface area contributed by atoms with Gasteiger partial charge in [0.25, 0.3) is 0 Å². The van der Waals surface area contributed by atoms with Crippen molar-refractivity contribution in [2.24, 2.45) is 0 Å². The second-order valence-electron chi connectivity index (χ2n) is 3.64. The Morgan fingerprint density at radius 1 is 1.29 bits per heavy atom. The SMILES string of the molecule is C.CC(C)Oc1ccc(CO)c(C(F)(F)F)c1. The lowest BCUT2D eigenvalue weighted by Crippen LogP contribution is -2.11. The molecule has 0 atom stereocenters. The average Bonchev–Trinajstić information content (AvgIpc) is 2.15. The van der Waals surface area contributed by atoms with Crippen LogP contribution < -0.4 is 4.74 Å². The largest absolute Gasteiger partial charge is 0.491 e. The molecule has 0 saturated heterocycles.